The molecule has 0 saturated carbocycles. The molecule has 1 aromatic heterocycles. The van der Waals surface area contributed by atoms with Gasteiger partial charge in [0.25, 0.3) is 5.91 Å². The van der Waals surface area contributed by atoms with Crippen LogP contribution in [-0.2, 0) is 0 Å². The molecule has 0 atom stereocenters. The first-order valence-electron chi connectivity index (χ1n) is 6.64. The van der Waals surface area contributed by atoms with Gasteiger partial charge in [-0.25, -0.2) is 0 Å². The summed E-state index contributed by atoms with van der Waals surface area (Å²) in [6.07, 6.45) is 3.22. The summed E-state index contributed by atoms with van der Waals surface area (Å²) in [7, 11) is 0. The Morgan fingerprint density at radius 3 is 2.38 bits per heavy atom. The van der Waals surface area contributed by atoms with E-state index in [9.17, 15) is 4.79 Å². The number of hydrogen-bond acceptors (Lipinski definition) is 3. The molecule has 0 fully saturated rings. The van der Waals surface area contributed by atoms with E-state index >= 15 is 0 Å². The van der Waals surface area contributed by atoms with Crippen LogP contribution >= 0.6 is 11.6 Å². The van der Waals surface area contributed by atoms with Gasteiger partial charge in [-0.15, -0.1) is 0 Å². The Kier molecular flexibility index (Phi) is 4.48. The van der Waals surface area contributed by atoms with E-state index in [-0.39, 0.29) is 11.4 Å². The van der Waals surface area contributed by atoms with Crippen LogP contribution < -0.4 is 10.6 Å². The molecule has 0 saturated heterocycles. The molecule has 2 N–H and O–H groups in total. The van der Waals surface area contributed by atoms with Crippen molar-refractivity contribution >= 4 is 28.9 Å². The molecule has 1 aromatic carbocycles. The van der Waals surface area contributed by atoms with Crippen molar-refractivity contribution in [3.8, 4) is 0 Å². The Hall–Kier alpha value is -2.07. The minimum Gasteiger partial charge on any atom is -0.354 e. The van der Waals surface area contributed by atoms with Crippen molar-refractivity contribution in [2.24, 2.45) is 0 Å². The van der Waals surface area contributed by atoms with Gasteiger partial charge < -0.3 is 10.6 Å². The number of rotatable bonds is 3. The van der Waals surface area contributed by atoms with Gasteiger partial charge in [-0.3, -0.25) is 9.78 Å². The topological polar surface area (TPSA) is 54.0 Å². The summed E-state index contributed by atoms with van der Waals surface area (Å²) < 4.78 is 0. The van der Waals surface area contributed by atoms with Crippen LogP contribution in [0, 0.1) is 0 Å². The van der Waals surface area contributed by atoms with E-state index in [2.05, 4.69) is 15.6 Å². The predicted molar refractivity (Wildman–Crippen MR) is 86.2 cm³/mol. The van der Waals surface area contributed by atoms with E-state index in [1.807, 2.05) is 32.9 Å². The maximum Gasteiger partial charge on any atom is 0.253 e. The number of aromatic nitrogens is 1. The van der Waals surface area contributed by atoms with Crippen molar-refractivity contribution in [1.82, 2.24) is 10.3 Å². The molecule has 0 unspecified atom stereocenters. The Balaban J connectivity index is 2.14. The fourth-order valence-corrected chi connectivity index (χ4v) is 1.87. The molecule has 0 aliphatic heterocycles. The van der Waals surface area contributed by atoms with Gasteiger partial charge >= 0.3 is 0 Å². The van der Waals surface area contributed by atoms with Gasteiger partial charge in [0.15, 0.2) is 0 Å². The molecule has 0 spiro atoms. The van der Waals surface area contributed by atoms with E-state index in [1.54, 1.807) is 30.6 Å². The fraction of sp³-hybridized carbons (Fsp3) is 0.250. The van der Waals surface area contributed by atoms with Crippen molar-refractivity contribution in [2.45, 2.75) is 26.3 Å². The average Bonchev–Trinajstić information content (AvgIpc) is 2.40. The summed E-state index contributed by atoms with van der Waals surface area (Å²) in [4.78, 5) is 16.2. The third-order valence-corrected chi connectivity index (χ3v) is 2.87. The number of nitrogens with zero attached hydrogens (tertiary/aromatic N) is 1. The number of pyridine rings is 1. The van der Waals surface area contributed by atoms with Crippen LogP contribution in [0.3, 0.4) is 0 Å². The number of hydrogen-bond donors (Lipinski definition) is 2. The zero-order valence-electron chi connectivity index (χ0n) is 12.3. The minimum atomic E-state index is -0.281. The van der Waals surface area contributed by atoms with Crippen LogP contribution in [0.4, 0.5) is 11.4 Å². The summed E-state index contributed by atoms with van der Waals surface area (Å²) >= 11 is 5.85. The molecule has 1 heterocycles. The Morgan fingerprint density at radius 2 is 1.76 bits per heavy atom. The van der Waals surface area contributed by atoms with Crippen molar-refractivity contribution in [2.75, 3.05) is 5.32 Å². The van der Waals surface area contributed by atoms with Gasteiger partial charge in [-0.1, -0.05) is 11.6 Å². The fourth-order valence-electron chi connectivity index (χ4n) is 1.75. The van der Waals surface area contributed by atoms with Gasteiger partial charge in [0.2, 0.25) is 0 Å². The molecule has 0 aliphatic carbocycles. The standard InChI is InChI=1S/C16H18ClN3O/c1-16(2,3)20-15(21)11-8-14(10-18-9-11)19-13-6-4-12(17)5-7-13/h4-10,19H,1-3H3,(H,20,21). The Morgan fingerprint density at radius 1 is 1.10 bits per heavy atom. The first-order chi connectivity index (χ1) is 9.83. The predicted octanol–water partition coefficient (Wildman–Crippen LogP) is 4.01. The van der Waals surface area contributed by atoms with Crippen LogP contribution in [0.25, 0.3) is 0 Å². The molecule has 2 aromatic rings. The van der Waals surface area contributed by atoms with Crippen LogP contribution in [0.2, 0.25) is 5.02 Å². The minimum absolute atomic E-state index is 0.144. The van der Waals surface area contributed by atoms with Gasteiger partial charge in [0.1, 0.15) is 0 Å². The molecule has 0 aliphatic rings. The molecular formula is C16H18ClN3O. The van der Waals surface area contributed by atoms with Crippen LogP contribution in [0.5, 0.6) is 0 Å². The monoisotopic (exact) mass is 303 g/mol. The highest BCUT2D eigenvalue weighted by atomic mass is 35.5. The Labute approximate surface area is 129 Å². The first kappa shape index (κ1) is 15.3. The Bertz CT molecular complexity index is 633. The molecule has 2 rings (SSSR count). The zero-order chi connectivity index (χ0) is 15.5. The summed E-state index contributed by atoms with van der Waals surface area (Å²) in [6, 6.07) is 9.10. The second kappa shape index (κ2) is 6.14. The number of nitrogens with one attached hydrogen (secondary N) is 2. The van der Waals surface area contributed by atoms with E-state index < -0.39 is 0 Å². The number of halogens is 1. The first-order valence-corrected chi connectivity index (χ1v) is 7.01. The number of anilines is 2. The molecule has 21 heavy (non-hydrogen) atoms. The highest BCUT2D eigenvalue weighted by Gasteiger charge is 2.15. The van der Waals surface area contributed by atoms with Crippen molar-refractivity contribution in [3.63, 3.8) is 0 Å². The lowest BCUT2D eigenvalue weighted by atomic mass is 10.1. The lowest BCUT2D eigenvalue weighted by molar-refractivity contribution is 0.0919. The summed E-state index contributed by atoms with van der Waals surface area (Å²) in [5, 5.41) is 6.78. The second-order valence-corrected chi connectivity index (χ2v) is 6.23. The number of benzene rings is 1. The van der Waals surface area contributed by atoms with Crippen LogP contribution in [0.1, 0.15) is 31.1 Å². The second-order valence-electron chi connectivity index (χ2n) is 5.80. The third-order valence-electron chi connectivity index (χ3n) is 2.62. The molecule has 110 valence electrons. The molecular weight excluding hydrogens is 286 g/mol. The normalized spacial score (nSPS) is 11.0. The van der Waals surface area contributed by atoms with Gasteiger partial charge in [-0.2, -0.15) is 0 Å². The third kappa shape index (κ3) is 4.76. The van der Waals surface area contributed by atoms with Crippen molar-refractivity contribution in [3.05, 3.63) is 53.3 Å². The number of carbonyl (C=O) groups is 1. The number of carbonyl (C=O) groups excluding carboxylic acids is 1. The molecule has 0 bridgehead atoms. The number of amides is 1. The summed E-state index contributed by atoms with van der Waals surface area (Å²) in [5.41, 5.74) is 1.87. The van der Waals surface area contributed by atoms with Gasteiger partial charge in [-0.05, 0) is 51.1 Å². The highest BCUT2D eigenvalue weighted by molar-refractivity contribution is 6.30. The average molecular weight is 304 g/mol. The molecule has 5 heteroatoms. The van der Waals surface area contributed by atoms with Crippen LogP contribution in [0.15, 0.2) is 42.7 Å². The largest absolute Gasteiger partial charge is 0.354 e. The highest BCUT2D eigenvalue weighted by Crippen LogP contribution is 2.19. The molecule has 1 amide bonds. The molecule has 0 radical (unpaired) electrons. The smallest absolute Gasteiger partial charge is 0.253 e. The van der Waals surface area contributed by atoms with E-state index in [4.69, 9.17) is 11.6 Å². The quantitative estimate of drug-likeness (QED) is 0.901. The lowest BCUT2D eigenvalue weighted by Gasteiger charge is -2.20. The van der Waals surface area contributed by atoms with Gasteiger partial charge in [0, 0.05) is 22.4 Å². The lowest BCUT2D eigenvalue weighted by Crippen LogP contribution is -2.40. The molecule has 4 nitrogen and oxygen atoms in total. The van der Waals surface area contributed by atoms with E-state index in [0.29, 0.717) is 10.6 Å². The van der Waals surface area contributed by atoms with Crippen molar-refractivity contribution in [1.29, 1.82) is 0 Å². The SMILES string of the molecule is CC(C)(C)NC(=O)c1cncc(Nc2ccc(Cl)cc2)c1. The van der Waals surface area contributed by atoms with Gasteiger partial charge in [0.05, 0.1) is 17.4 Å². The summed E-state index contributed by atoms with van der Waals surface area (Å²) in [5.74, 6) is -0.144. The summed E-state index contributed by atoms with van der Waals surface area (Å²) in [6.45, 7) is 5.82. The van der Waals surface area contributed by atoms with E-state index in [0.717, 1.165) is 11.4 Å². The maximum atomic E-state index is 12.1. The van der Waals surface area contributed by atoms with Crippen LogP contribution in [-0.4, -0.2) is 16.4 Å². The van der Waals surface area contributed by atoms with Crippen molar-refractivity contribution < 1.29 is 4.79 Å². The maximum absolute atomic E-state index is 12.1. The zero-order valence-corrected chi connectivity index (χ0v) is 13.0. The van der Waals surface area contributed by atoms with E-state index in [1.165, 1.54) is 0 Å².